The molecule has 0 radical (unpaired) electrons. The Kier molecular flexibility index (Phi) is 6.72. The highest BCUT2D eigenvalue weighted by Crippen LogP contribution is 2.37. The molecule has 2 heterocycles. The molecule has 0 bridgehead atoms. The number of methoxy groups -OCH3 is 1. The number of carbonyl (C=O) groups excluding carboxylic acids is 1. The van der Waals surface area contributed by atoms with Gasteiger partial charge < -0.3 is 24.3 Å². The molecule has 4 rings (SSSR count). The van der Waals surface area contributed by atoms with Crippen LogP contribution in [-0.4, -0.2) is 34.5 Å². The first-order valence-electron chi connectivity index (χ1n) is 11.1. The third-order valence-corrected chi connectivity index (χ3v) is 6.13. The zero-order valence-corrected chi connectivity index (χ0v) is 19.2. The molecular formula is C27H27NO6. The van der Waals surface area contributed by atoms with Gasteiger partial charge in [-0.3, -0.25) is 9.59 Å². The van der Waals surface area contributed by atoms with Crippen molar-refractivity contribution in [3.8, 4) is 17.2 Å². The van der Waals surface area contributed by atoms with Gasteiger partial charge in [0.1, 0.15) is 23.9 Å². The number of aromatic nitrogens is 1. The summed E-state index contributed by atoms with van der Waals surface area (Å²) in [5, 5.41) is 20.3. The van der Waals surface area contributed by atoms with E-state index < -0.39 is 11.9 Å². The van der Waals surface area contributed by atoms with Gasteiger partial charge in [-0.25, -0.2) is 0 Å². The first-order chi connectivity index (χ1) is 16.4. The topological polar surface area (TPSA) is 98.0 Å². The van der Waals surface area contributed by atoms with Crippen LogP contribution >= 0.6 is 0 Å². The Labute approximate surface area is 197 Å². The molecule has 0 saturated heterocycles. The molecule has 1 unspecified atom stereocenters. The number of benzene rings is 2. The van der Waals surface area contributed by atoms with Gasteiger partial charge in [-0.1, -0.05) is 30.3 Å². The smallest absolute Gasteiger partial charge is 0.306 e. The van der Waals surface area contributed by atoms with Crippen molar-refractivity contribution >= 4 is 12.0 Å². The fraction of sp³-hybridized carbons (Fsp3) is 0.259. The molecule has 3 aromatic rings. The number of nitrogens with zero attached hydrogens (tertiary/aromatic N) is 1. The standard InChI is InChI=1S/C27H27NO6/c1-17-13-23(30)26(27(32)28(17)12-11-18-7-9-21(29)10-8-18)22(15-25(31)33-2)20-14-19-5-3-4-6-24(19)34-16-20/h3-10,13-14,22,29-30H,11-12,15-16H2,1-2H3. The molecule has 1 aliphatic heterocycles. The highest BCUT2D eigenvalue weighted by Gasteiger charge is 2.30. The fourth-order valence-corrected chi connectivity index (χ4v) is 4.28. The number of phenolic OH excluding ortho intramolecular Hbond substituents is 1. The third-order valence-electron chi connectivity index (χ3n) is 6.13. The maximum atomic E-state index is 13.6. The second-order valence-corrected chi connectivity index (χ2v) is 8.34. The molecule has 1 atom stereocenters. The van der Waals surface area contributed by atoms with Crippen LogP contribution in [0.25, 0.3) is 6.08 Å². The van der Waals surface area contributed by atoms with Crippen LogP contribution in [0.3, 0.4) is 0 Å². The molecule has 7 nitrogen and oxygen atoms in total. The highest BCUT2D eigenvalue weighted by atomic mass is 16.5. The van der Waals surface area contributed by atoms with Crippen LogP contribution in [0.1, 0.15) is 34.7 Å². The fourth-order valence-electron chi connectivity index (χ4n) is 4.28. The van der Waals surface area contributed by atoms with Gasteiger partial charge in [-0.05, 0) is 54.8 Å². The minimum absolute atomic E-state index is 0.0995. The number of pyridine rings is 1. The Balaban J connectivity index is 1.74. The predicted octanol–water partition coefficient (Wildman–Crippen LogP) is 3.93. The molecule has 2 N–H and O–H groups in total. The van der Waals surface area contributed by atoms with E-state index in [-0.39, 0.29) is 35.6 Å². The van der Waals surface area contributed by atoms with Gasteiger partial charge in [-0.15, -0.1) is 0 Å². The Morgan fingerprint density at radius 1 is 1.15 bits per heavy atom. The lowest BCUT2D eigenvalue weighted by Gasteiger charge is -2.26. The van der Waals surface area contributed by atoms with Gasteiger partial charge in [0.15, 0.2) is 0 Å². The summed E-state index contributed by atoms with van der Waals surface area (Å²) >= 11 is 0. The third kappa shape index (κ3) is 4.83. The molecule has 0 aliphatic carbocycles. The second kappa shape index (κ2) is 9.87. The summed E-state index contributed by atoms with van der Waals surface area (Å²) in [4.78, 5) is 25.9. The van der Waals surface area contributed by atoms with Crippen LogP contribution in [0.2, 0.25) is 0 Å². The van der Waals surface area contributed by atoms with Crippen molar-refractivity contribution in [2.45, 2.75) is 32.2 Å². The van der Waals surface area contributed by atoms with Crippen LogP contribution in [0, 0.1) is 6.92 Å². The quantitative estimate of drug-likeness (QED) is 0.518. The molecule has 0 amide bonds. The number of para-hydroxylation sites is 1. The molecule has 176 valence electrons. The van der Waals surface area contributed by atoms with E-state index in [1.165, 1.54) is 7.11 Å². The van der Waals surface area contributed by atoms with Crippen LogP contribution < -0.4 is 10.3 Å². The van der Waals surface area contributed by atoms with Gasteiger partial charge in [0.25, 0.3) is 5.56 Å². The average Bonchev–Trinajstić information content (AvgIpc) is 2.83. The van der Waals surface area contributed by atoms with Crippen molar-refractivity contribution in [3.05, 3.63) is 92.9 Å². The first-order valence-corrected chi connectivity index (χ1v) is 11.1. The number of rotatable bonds is 7. The van der Waals surface area contributed by atoms with E-state index in [2.05, 4.69) is 0 Å². The molecule has 1 aliphatic rings. The summed E-state index contributed by atoms with van der Waals surface area (Å²) < 4.78 is 12.4. The van der Waals surface area contributed by atoms with E-state index in [4.69, 9.17) is 9.47 Å². The number of carbonyl (C=O) groups is 1. The number of hydrogen-bond donors (Lipinski definition) is 2. The predicted molar refractivity (Wildman–Crippen MR) is 128 cm³/mol. The lowest BCUT2D eigenvalue weighted by molar-refractivity contribution is -0.140. The van der Waals surface area contributed by atoms with E-state index in [0.717, 1.165) is 16.9 Å². The van der Waals surface area contributed by atoms with Gasteiger partial charge in [0, 0.05) is 23.7 Å². The number of fused-ring (bicyclic) bond motifs is 1. The first kappa shape index (κ1) is 23.2. The molecule has 1 aromatic heterocycles. The molecule has 2 aromatic carbocycles. The van der Waals surface area contributed by atoms with Gasteiger partial charge in [0.05, 0.1) is 19.1 Å². The Morgan fingerprint density at radius 3 is 2.62 bits per heavy atom. The van der Waals surface area contributed by atoms with Crippen molar-refractivity contribution in [1.82, 2.24) is 4.57 Å². The SMILES string of the molecule is COC(=O)CC(C1=Cc2ccccc2OC1)c1c(O)cc(C)n(CCc2ccc(O)cc2)c1=O. The van der Waals surface area contributed by atoms with E-state index in [0.29, 0.717) is 24.2 Å². The maximum absolute atomic E-state index is 13.6. The number of esters is 1. The van der Waals surface area contributed by atoms with Gasteiger partial charge >= 0.3 is 5.97 Å². The lowest BCUT2D eigenvalue weighted by atomic mass is 9.86. The van der Waals surface area contributed by atoms with Crippen molar-refractivity contribution in [1.29, 1.82) is 0 Å². The van der Waals surface area contributed by atoms with E-state index in [1.54, 1.807) is 41.8 Å². The number of ether oxygens (including phenoxy) is 2. The summed E-state index contributed by atoms with van der Waals surface area (Å²) in [7, 11) is 1.30. The zero-order valence-electron chi connectivity index (χ0n) is 19.2. The van der Waals surface area contributed by atoms with Crippen molar-refractivity contribution < 1.29 is 24.5 Å². The van der Waals surface area contributed by atoms with E-state index in [9.17, 15) is 19.8 Å². The summed E-state index contributed by atoms with van der Waals surface area (Å²) in [6.07, 6.45) is 2.37. The Morgan fingerprint density at radius 2 is 1.88 bits per heavy atom. The van der Waals surface area contributed by atoms with Crippen molar-refractivity contribution in [3.63, 3.8) is 0 Å². The molecule has 0 fully saturated rings. The van der Waals surface area contributed by atoms with Gasteiger partial charge in [0.2, 0.25) is 0 Å². The molecule has 0 spiro atoms. The number of aromatic hydroxyl groups is 2. The second-order valence-electron chi connectivity index (χ2n) is 8.34. The Bertz CT molecular complexity index is 1290. The summed E-state index contributed by atoms with van der Waals surface area (Å²) in [6.45, 7) is 2.33. The van der Waals surface area contributed by atoms with E-state index in [1.807, 2.05) is 30.3 Å². The summed E-state index contributed by atoms with van der Waals surface area (Å²) in [5.41, 5.74) is 2.93. The van der Waals surface area contributed by atoms with Gasteiger partial charge in [-0.2, -0.15) is 0 Å². The maximum Gasteiger partial charge on any atom is 0.306 e. The number of phenols is 1. The molecule has 34 heavy (non-hydrogen) atoms. The normalized spacial score (nSPS) is 13.4. The van der Waals surface area contributed by atoms with Crippen LogP contribution in [0.15, 0.2) is 65.0 Å². The monoisotopic (exact) mass is 461 g/mol. The number of aryl methyl sites for hydroxylation is 2. The summed E-state index contributed by atoms with van der Waals surface area (Å²) in [6, 6.07) is 15.9. The largest absolute Gasteiger partial charge is 0.508 e. The Hall–Kier alpha value is -4.00. The highest BCUT2D eigenvalue weighted by molar-refractivity contribution is 5.73. The van der Waals surface area contributed by atoms with Crippen LogP contribution in [0.5, 0.6) is 17.2 Å². The van der Waals surface area contributed by atoms with E-state index >= 15 is 0 Å². The van der Waals surface area contributed by atoms with Crippen molar-refractivity contribution in [2.75, 3.05) is 13.7 Å². The lowest BCUT2D eigenvalue weighted by Crippen LogP contribution is -2.30. The molecular weight excluding hydrogens is 434 g/mol. The minimum Gasteiger partial charge on any atom is -0.508 e. The molecule has 7 heteroatoms. The number of hydrogen-bond acceptors (Lipinski definition) is 6. The zero-order chi connectivity index (χ0) is 24.2. The van der Waals surface area contributed by atoms with Crippen molar-refractivity contribution in [2.24, 2.45) is 0 Å². The van der Waals surface area contributed by atoms with Crippen LogP contribution in [-0.2, 0) is 22.5 Å². The average molecular weight is 462 g/mol. The summed E-state index contributed by atoms with van der Waals surface area (Å²) in [5.74, 6) is -0.438. The van der Waals surface area contributed by atoms with Crippen LogP contribution in [0.4, 0.5) is 0 Å². The minimum atomic E-state index is -0.700. The molecule has 0 saturated carbocycles.